The Morgan fingerprint density at radius 3 is 2.56 bits per heavy atom. The third kappa shape index (κ3) is 5.36. The van der Waals surface area contributed by atoms with Gasteiger partial charge in [0.1, 0.15) is 0 Å². The molecule has 4 heteroatoms. The molecule has 106 valence electrons. The van der Waals surface area contributed by atoms with Crippen molar-refractivity contribution >= 4 is 5.91 Å². The largest absolute Gasteiger partial charge is 0.346 e. The monoisotopic (exact) mass is 255 g/mol. The summed E-state index contributed by atoms with van der Waals surface area (Å²) in [6, 6.07) is 0. The standard InChI is InChI=1S/C14H29N3O/c1-3-17(12-13-6-4-7-13)11-8-14(18)16(2)10-5-9-15/h13H,3-12,15H2,1-2H3. The molecular formula is C14H29N3O. The van der Waals surface area contributed by atoms with Gasteiger partial charge >= 0.3 is 0 Å². The minimum absolute atomic E-state index is 0.246. The van der Waals surface area contributed by atoms with E-state index in [9.17, 15) is 4.79 Å². The molecule has 0 aromatic heterocycles. The highest BCUT2D eigenvalue weighted by molar-refractivity contribution is 5.76. The number of hydrogen-bond donors (Lipinski definition) is 1. The van der Waals surface area contributed by atoms with Gasteiger partial charge < -0.3 is 15.5 Å². The number of amides is 1. The molecule has 4 nitrogen and oxygen atoms in total. The van der Waals surface area contributed by atoms with Crippen LogP contribution >= 0.6 is 0 Å². The van der Waals surface area contributed by atoms with Gasteiger partial charge in [-0.05, 0) is 38.3 Å². The number of carbonyl (C=O) groups is 1. The van der Waals surface area contributed by atoms with Gasteiger partial charge in [-0.3, -0.25) is 4.79 Å². The molecule has 1 aliphatic rings. The smallest absolute Gasteiger partial charge is 0.223 e. The van der Waals surface area contributed by atoms with E-state index in [2.05, 4.69) is 11.8 Å². The van der Waals surface area contributed by atoms with E-state index < -0.39 is 0 Å². The van der Waals surface area contributed by atoms with Crippen molar-refractivity contribution in [2.24, 2.45) is 11.7 Å². The van der Waals surface area contributed by atoms with Gasteiger partial charge in [0.2, 0.25) is 5.91 Å². The van der Waals surface area contributed by atoms with Crippen LogP contribution in [0.3, 0.4) is 0 Å². The number of nitrogens with two attached hydrogens (primary N) is 1. The van der Waals surface area contributed by atoms with Crippen molar-refractivity contribution in [2.75, 3.05) is 39.8 Å². The lowest BCUT2D eigenvalue weighted by Crippen LogP contribution is -2.36. The minimum atomic E-state index is 0.246. The molecule has 0 aromatic carbocycles. The molecule has 0 radical (unpaired) electrons. The molecule has 0 atom stereocenters. The zero-order chi connectivity index (χ0) is 13.4. The van der Waals surface area contributed by atoms with Gasteiger partial charge in [0, 0.05) is 33.1 Å². The van der Waals surface area contributed by atoms with Gasteiger partial charge in [-0.2, -0.15) is 0 Å². The average Bonchev–Trinajstić information content (AvgIpc) is 2.33. The minimum Gasteiger partial charge on any atom is -0.346 e. The molecule has 1 amide bonds. The van der Waals surface area contributed by atoms with Crippen molar-refractivity contribution in [1.82, 2.24) is 9.80 Å². The Bertz CT molecular complexity index is 241. The van der Waals surface area contributed by atoms with Crippen molar-refractivity contribution in [3.05, 3.63) is 0 Å². The Morgan fingerprint density at radius 1 is 1.33 bits per heavy atom. The summed E-state index contributed by atoms with van der Waals surface area (Å²) in [5.74, 6) is 1.13. The van der Waals surface area contributed by atoms with E-state index in [1.165, 1.54) is 25.8 Å². The normalized spacial score (nSPS) is 15.8. The van der Waals surface area contributed by atoms with Crippen molar-refractivity contribution in [2.45, 2.75) is 39.0 Å². The number of hydrogen-bond acceptors (Lipinski definition) is 3. The first kappa shape index (κ1) is 15.4. The summed E-state index contributed by atoms with van der Waals surface area (Å²) in [4.78, 5) is 16.1. The van der Waals surface area contributed by atoms with E-state index in [0.717, 1.165) is 32.0 Å². The lowest BCUT2D eigenvalue weighted by molar-refractivity contribution is -0.130. The summed E-state index contributed by atoms with van der Waals surface area (Å²) in [7, 11) is 1.88. The van der Waals surface area contributed by atoms with E-state index in [1.54, 1.807) is 0 Å². The third-order valence-electron chi connectivity index (χ3n) is 3.95. The molecule has 18 heavy (non-hydrogen) atoms. The fraction of sp³-hybridized carbons (Fsp3) is 0.929. The van der Waals surface area contributed by atoms with Gasteiger partial charge in [0.25, 0.3) is 0 Å². The van der Waals surface area contributed by atoms with Gasteiger partial charge in [-0.25, -0.2) is 0 Å². The predicted octanol–water partition coefficient (Wildman–Crippen LogP) is 1.31. The lowest BCUT2D eigenvalue weighted by atomic mass is 9.85. The highest BCUT2D eigenvalue weighted by Crippen LogP contribution is 2.26. The molecule has 0 spiro atoms. The maximum Gasteiger partial charge on any atom is 0.223 e. The topological polar surface area (TPSA) is 49.6 Å². The van der Waals surface area contributed by atoms with E-state index >= 15 is 0 Å². The first-order valence-corrected chi connectivity index (χ1v) is 7.33. The Morgan fingerprint density at radius 2 is 2.06 bits per heavy atom. The molecule has 1 rings (SSSR count). The van der Waals surface area contributed by atoms with Crippen molar-refractivity contribution < 1.29 is 4.79 Å². The van der Waals surface area contributed by atoms with Crippen LogP contribution in [0.2, 0.25) is 0 Å². The summed E-state index contributed by atoms with van der Waals surface area (Å²) in [6.45, 7) is 6.75. The molecule has 1 fully saturated rings. The molecule has 2 N–H and O–H groups in total. The fourth-order valence-corrected chi connectivity index (χ4v) is 2.32. The van der Waals surface area contributed by atoms with Crippen LogP contribution in [-0.4, -0.2) is 55.5 Å². The number of carbonyl (C=O) groups excluding carboxylic acids is 1. The van der Waals surface area contributed by atoms with Crippen molar-refractivity contribution in [3.8, 4) is 0 Å². The van der Waals surface area contributed by atoms with Crippen molar-refractivity contribution in [3.63, 3.8) is 0 Å². The van der Waals surface area contributed by atoms with E-state index in [0.29, 0.717) is 13.0 Å². The molecule has 1 aliphatic carbocycles. The second-order valence-corrected chi connectivity index (χ2v) is 5.40. The van der Waals surface area contributed by atoms with Gasteiger partial charge in [0.15, 0.2) is 0 Å². The molecule has 0 saturated heterocycles. The number of rotatable bonds is 9. The van der Waals surface area contributed by atoms with Crippen LogP contribution in [0.5, 0.6) is 0 Å². The Labute approximate surface area is 111 Å². The van der Waals surface area contributed by atoms with Crippen LogP contribution in [0.1, 0.15) is 39.0 Å². The highest BCUT2D eigenvalue weighted by Gasteiger charge is 2.20. The van der Waals surface area contributed by atoms with E-state index in [1.807, 2.05) is 11.9 Å². The predicted molar refractivity (Wildman–Crippen MR) is 75.4 cm³/mol. The zero-order valence-electron chi connectivity index (χ0n) is 12.0. The summed E-state index contributed by atoms with van der Waals surface area (Å²) in [5.41, 5.74) is 5.45. The molecular weight excluding hydrogens is 226 g/mol. The zero-order valence-corrected chi connectivity index (χ0v) is 12.0. The average molecular weight is 255 g/mol. The van der Waals surface area contributed by atoms with Crippen LogP contribution in [0.4, 0.5) is 0 Å². The van der Waals surface area contributed by atoms with Gasteiger partial charge in [-0.15, -0.1) is 0 Å². The molecule has 0 bridgehead atoms. The van der Waals surface area contributed by atoms with E-state index in [4.69, 9.17) is 5.73 Å². The third-order valence-corrected chi connectivity index (χ3v) is 3.95. The lowest BCUT2D eigenvalue weighted by Gasteiger charge is -2.32. The van der Waals surface area contributed by atoms with Gasteiger partial charge in [0.05, 0.1) is 0 Å². The molecule has 0 unspecified atom stereocenters. The van der Waals surface area contributed by atoms with Crippen LogP contribution in [0.15, 0.2) is 0 Å². The summed E-state index contributed by atoms with van der Waals surface area (Å²) in [5, 5.41) is 0. The van der Waals surface area contributed by atoms with Crippen LogP contribution < -0.4 is 5.73 Å². The van der Waals surface area contributed by atoms with Crippen LogP contribution in [-0.2, 0) is 4.79 Å². The van der Waals surface area contributed by atoms with Crippen molar-refractivity contribution in [1.29, 1.82) is 0 Å². The second kappa shape index (κ2) is 8.48. The van der Waals surface area contributed by atoms with Gasteiger partial charge in [-0.1, -0.05) is 13.3 Å². The molecule has 0 heterocycles. The molecule has 0 aliphatic heterocycles. The van der Waals surface area contributed by atoms with Crippen LogP contribution in [0.25, 0.3) is 0 Å². The van der Waals surface area contributed by atoms with E-state index in [-0.39, 0.29) is 5.91 Å². The number of nitrogens with zero attached hydrogens (tertiary/aromatic N) is 2. The summed E-state index contributed by atoms with van der Waals surface area (Å²) >= 11 is 0. The molecule has 0 aromatic rings. The first-order valence-electron chi connectivity index (χ1n) is 7.33. The van der Waals surface area contributed by atoms with Crippen LogP contribution in [0, 0.1) is 5.92 Å². The fourth-order valence-electron chi connectivity index (χ4n) is 2.32. The Hall–Kier alpha value is -0.610. The Balaban J connectivity index is 2.17. The SMILES string of the molecule is CCN(CCC(=O)N(C)CCCN)CC1CCC1. The maximum atomic E-state index is 11.9. The molecule has 1 saturated carbocycles. The summed E-state index contributed by atoms with van der Waals surface area (Å²) in [6.07, 6.45) is 5.67. The summed E-state index contributed by atoms with van der Waals surface area (Å²) < 4.78 is 0. The maximum absolute atomic E-state index is 11.9. The first-order chi connectivity index (χ1) is 8.67. The second-order valence-electron chi connectivity index (χ2n) is 5.40. The Kier molecular flexibility index (Phi) is 7.28. The quantitative estimate of drug-likeness (QED) is 0.676. The highest BCUT2D eigenvalue weighted by atomic mass is 16.2.